The van der Waals surface area contributed by atoms with Gasteiger partial charge < -0.3 is 5.32 Å². The number of nitriles is 1. The maximum atomic E-state index is 11.3. The molecule has 0 atom stereocenters. The molecule has 0 saturated heterocycles. The van der Waals surface area contributed by atoms with Gasteiger partial charge in [-0.1, -0.05) is 12.1 Å². The SMILES string of the molecule is CCn1nnc(-c2cccc(NC(=O)CC#N)c2)n1. The number of carbonyl (C=O) groups excluding carboxylic acids is 1. The van der Waals surface area contributed by atoms with Gasteiger partial charge in [-0.15, -0.1) is 10.2 Å². The van der Waals surface area contributed by atoms with Crippen molar-refractivity contribution in [3.63, 3.8) is 0 Å². The van der Waals surface area contributed by atoms with Gasteiger partial charge in [0.2, 0.25) is 11.7 Å². The third kappa shape index (κ3) is 3.13. The zero-order valence-electron chi connectivity index (χ0n) is 10.4. The summed E-state index contributed by atoms with van der Waals surface area (Å²) in [6.07, 6.45) is -0.172. The molecule has 0 spiro atoms. The Bertz CT molecular complexity index is 627. The van der Waals surface area contributed by atoms with Gasteiger partial charge in [-0.05, 0) is 24.3 Å². The Hall–Kier alpha value is -2.75. The molecule has 2 rings (SSSR count). The Balaban J connectivity index is 2.19. The minimum atomic E-state index is -0.343. The Morgan fingerprint density at radius 3 is 3.05 bits per heavy atom. The van der Waals surface area contributed by atoms with Crippen LogP contribution in [0.3, 0.4) is 0 Å². The lowest BCUT2D eigenvalue weighted by Gasteiger charge is -2.03. The molecule has 7 heteroatoms. The van der Waals surface area contributed by atoms with Crippen LogP contribution in [0.5, 0.6) is 0 Å². The highest BCUT2D eigenvalue weighted by molar-refractivity contribution is 5.92. The number of carbonyl (C=O) groups is 1. The summed E-state index contributed by atoms with van der Waals surface area (Å²) in [4.78, 5) is 12.8. The largest absolute Gasteiger partial charge is 0.325 e. The van der Waals surface area contributed by atoms with Crippen molar-refractivity contribution in [3.8, 4) is 17.5 Å². The monoisotopic (exact) mass is 256 g/mol. The van der Waals surface area contributed by atoms with Crippen LogP contribution in [0.4, 0.5) is 5.69 Å². The van der Waals surface area contributed by atoms with Gasteiger partial charge in [0, 0.05) is 11.3 Å². The van der Waals surface area contributed by atoms with Gasteiger partial charge in [0.25, 0.3) is 0 Å². The van der Waals surface area contributed by atoms with E-state index in [0.29, 0.717) is 18.1 Å². The van der Waals surface area contributed by atoms with E-state index in [1.165, 1.54) is 4.80 Å². The number of nitrogens with one attached hydrogen (secondary N) is 1. The quantitative estimate of drug-likeness (QED) is 0.886. The van der Waals surface area contributed by atoms with E-state index < -0.39 is 0 Å². The Morgan fingerprint density at radius 2 is 2.37 bits per heavy atom. The zero-order valence-corrected chi connectivity index (χ0v) is 10.4. The summed E-state index contributed by atoms with van der Waals surface area (Å²) in [5, 5.41) is 23.1. The second kappa shape index (κ2) is 5.73. The van der Waals surface area contributed by atoms with E-state index in [2.05, 4.69) is 20.7 Å². The van der Waals surface area contributed by atoms with E-state index in [4.69, 9.17) is 5.26 Å². The van der Waals surface area contributed by atoms with Crippen molar-refractivity contribution < 1.29 is 4.79 Å². The highest BCUT2D eigenvalue weighted by atomic mass is 16.1. The second-order valence-electron chi connectivity index (χ2n) is 3.77. The smallest absolute Gasteiger partial charge is 0.238 e. The lowest BCUT2D eigenvalue weighted by atomic mass is 10.2. The molecule has 96 valence electrons. The second-order valence-corrected chi connectivity index (χ2v) is 3.77. The van der Waals surface area contributed by atoms with Crippen LogP contribution in [-0.2, 0) is 11.3 Å². The molecule has 19 heavy (non-hydrogen) atoms. The van der Waals surface area contributed by atoms with Crippen LogP contribution < -0.4 is 5.32 Å². The normalized spacial score (nSPS) is 9.89. The van der Waals surface area contributed by atoms with Crippen molar-refractivity contribution >= 4 is 11.6 Å². The molecule has 2 aromatic rings. The van der Waals surface area contributed by atoms with Gasteiger partial charge in [0.05, 0.1) is 12.6 Å². The summed E-state index contributed by atoms with van der Waals surface area (Å²) in [6.45, 7) is 2.57. The van der Waals surface area contributed by atoms with Crippen LogP contribution in [0.15, 0.2) is 24.3 Å². The van der Waals surface area contributed by atoms with Crippen molar-refractivity contribution in [2.24, 2.45) is 0 Å². The molecule has 0 bridgehead atoms. The number of rotatable bonds is 4. The Labute approximate surface area is 109 Å². The van der Waals surface area contributed by atoms with Crippen LogP contribution in [-0.4, -0.2) is 26.1 Å². The van der Waals surface area contributed by atoms with Gasteiger partial charge >= 0.3 is 0 Å². The topological polar surface area (TPSA) is 96.5 Å². The molecule has 0 fully saturated rings. The number of tetrazole rings is 1. The lowest BCUT2D eigenvalue weighted by Crippen LogP contribution is -2.09. The number of anilines is 1. The summed E-state index contributed by atoms with van der Waals surface area (Å²) in [7, 11) is 0. The van der Waals surface area contributed by atoms with Gasteiger partial charge in [-0.25, -0.2) is 0 Å². The minimum absolute atomic E-state index is 0.172. The minimum Gasteiger partial charge on any atom is -0.325 e. The van der Waals surface area contributed by atoms with Crippen molar-refractivity contribution in [1.29, 1.82) is 5.26 Å². The fourth-order valence-corrected chi connectivity index (χ4v) is 1.51. The first-order valence-electron chi connectivity index (χ1n) is 5.78. The predicted octanol–water partition coefficient (Wildman–Crippen LogP) is 1.21. The molecule has 1 aromatic carbocycles. The third-order valence-electron chi connectivity index (χ3n) is 2.38. The molecule has 0 aliphatic carbocycles. The third-order valence-corrected chi connectivity index (χ3v) is 2.38. The van der Waals surface area contributed by atoms with Crippen molar-refractivity contribution in [1.82, 2.24) is 20.2 Å². The van der Waals surface area contributed by atoms with Crippen LogP contribution in [0.2, 0.25) is 0 Å². The van der Waals surface area contributed by atoms with E-state index in [1.807, 2.05) is 13.0 Å². The first-order chi connectivity index (χ1) is 9.22. The number of nitrogens with zero attached hydrogens (tertiary/aromatic N) is 5. The molecular weight excluding hydrogens is 244 g/mol. The van der Waals surface area contributed by atoms with E-state index in [-0.39, 0.29) is 12.3 Å². The molecular formula is C12H12N6O. The van der Waals surface area contributed by atoms with E-state index in [9.17, 15) is 4.79 Å². The van der Waals surface area contributed by atoms with Gasteiger partial charge in [-0.2, -0.15) is 10.1 Å². The van der Waals surface area contributed by atoms with Crippen molar-refractivity contribution in [3.05, 3.63) is 24.3 Å². The Kier molecular flexibility index (Phi) is 3.83. The summed E-state index contributed by atoms with van der Waals surface area (Å²) >= 11 is 0. The predicted molar refractivity (Wildman–Crippen MR) is 67.8 cm³/mol. The average Bonchev–Trinajstić information content (AvgIpc) is 2.88. The molecule has 1 amide bonds. The number of benzene rings is 1. The highest BCUT2D eigenvalue weighted by Crippen LogP contribution is 2.18. The molecule has 0 aliphatic rings. The van der Waals surface area contributed by atoms with E-state index in [0.717, 1.165) is 5.56 Å². The van der Waals surface area contributed by atoms with Crippen LogP contribution in [0.1, 0.15) is 13.3 Å². The maximum Gasteiger partial charge on any atom is 0.238 e. The fourth-order valence-electron chi connectivity index (χ4n) is 1.51. The highest BCUT2D eigenvalue weighted by Gasteiger charge is 2.07. The molecule has 0 unspecified atom stereocenters. The molecule has 1 aromatic heterocycles. The van der Waals surface area contributed by atoms with Crippen molar-refractivity contribution in [2.75, 3.05) is 5.32 Å². The molecule has 7 nitrogen and oxygen atoms in total. The van der Waals surface area contributed by atoms with Crippen LogP contribution in [0.25, 0.3) is 11.4 Å². The first kappa shape index (κ1) is 12.7. The molecule has 0 saturated carbocycles. The lowest BCUT2D eigenvalue weighted by molar-refractivity contribution is -0.115. The summed E-state index contributed by atoms with van der Waals surface area (Å²) in [5.41, 5.74) is 1.36. The number of aryl methyl sites for hydroxylation is 1. The number of aromatic nitrogens is 4. The molecule has 1 heterocycles. The number of amides is 1. The van der Waals surface area contributed by atoms with Gasteiger partial charge in [0.15, 0.2) is 0 Å². The van der Waals surface area contributed by atoms with Crippen molar-refractivity contribution in [2.45, 2.75) is 19.9 Å². The summed E-state index contributed by atoms with van der Waals surface area (Å²) in [6, 6.07) is 8.89. The fraction of sp³-hybridized carbons (Fsp3) is 0.250. The number of hydrogen-bond donors (Lipinski definition) is 1. The molecule has 0 aliphatic heterocycles. The summed E-state index contributed by atoms with van der Waals surface area (Å²) in [5.74, 6) is 0.156. The van der Waals surface area contributed by atoms with E-state index in [1.54, 1.807) is 24.3 Å². The number of hydrogen-bond acceptors (Lipinski definition) is 5. The molecule has 0 radical (unpaired) electrons. The van der Waals surface area contributed by atoms with E-state index >= 15 is 0 Å². The zero-order chi connectivity index (χ0) is 13.7. The van der Waals surface area contributed by atoms with Gasteiger partial charge in [-0.3, -0.25) is 4.79 Å². The average molecular weight is 256 g/mol. The van der Waals surface area contributed by atoms with Crippen LogP contribution in [0, 0.1) is 11.3 Å². The van der Waals surface area contributed by atoms with Crippen LogP contribution >= 0.6 is 0 Å². The summed E-state index contributed by atoms with van der Waals surface area (Å²) < 4.78 is 0. The maximum absolute atomic E-state index is 11.3. The molecule has 1 N–H and O–H groups in total. The van der Waals surface area contributed by atoms with Gasteiger partial charge in [0.1, 0.15) is 6.42 Å². The standard InChI is InChI=1S/C12H12N6O/c1-2-18-16-12(15-17-18)9-4-3-5-10(8-9)14-11(19)6-7-13/h3-5,8H,2,6H2,1H3,(H,14,19). The Morgan fingerprint density at radius 1 is 1.53 bits per heavy atom. The first-order valence-corrected chi connectivity index (χ1v) is 5.78.